The fourth-order valence-corrected chi connectivity index (χ4v) is 3.29. The average molecular weight is 355 g/mol. The van der Waals surface area contributed by atoms with Crippen LogP contribution in [0.5, 0.6) is 0 Å². The minimum Gasteiger partial charge on any atom is -0.352 e. The number of nitrogens with zero attached hydrogens (tertiary/aromatic N) is 5. The summed E-state index contributed by atoms with van der Waals surface area (Å²) in [6.07, 6.45) is 3.21. The van der Waals surface area contributed by atoms with Crippen LogP contribution in [-0.2, 0) is 13.1 Å². The molecular weight excluding hydrogens is 334 g/mol. The van der Waals surface area contributed by atoms with Crippen molar-refractivity contribution in [1.29, 1.82) is 0 Å². The van der Waals surface area contributed by atoms with Crippen molar-refractivity contribution in [2.45, 2.75) is 26.9 Å². The van der Waals surface area contributed by atoms with E-state index < -0.39 is 0 Å². The molecule has 0 bridgehead atoms. The van der Waals surface area contributed by atoms with E-state index in [1.54, 1.807) is 29.4 Å². The molecule has 1 aromatic carbocycles. The first-order valence-electron chi connectivity index (χ1n) is 7.97. The average Bonchev–Trinajstić information content (AvgIpc) is 3.25. The molecule has 0 atom stereocenters. The predicted octanol–water partition coefficient (Wildman–Crippen LogP) is 2.21. The molecule has 8 heteroatoms. The molecule has 2 N–H and O–H groups in total. The highest BCUT2D eigenvalue weighted by molar-refractivity contribution is 7.11. The highest BCUT2D eigenvalue weighted by Crippen LogP contribution is 2.16. The van der Waals surface area contributed by atoms with E-state index in [0.717, 1.165) is 34.5 Å². The van der Waals surface area contributed by atoms with Crippen LogP contribution in [0.25, 0.3) is 5.69 Å². The second-order valence-corrected chi connectivity index (χ2v) is 6.82. The molecule has 0 unspecified atom stereocenters. The molecule has 0 aliphatic carbocycles. The van der Waals surface area contributed by atoms with Gasteiger partial charge in [0, 0.05) is 18.5 Å². The third kappa shape index (κ3) is 4.42. The van der Waals surface area contributed by atoms with Crippen molar-refractivity contribution in [2.24, 2.45) is 4.99 Å². The Morgan fingerprint density at radius 2 is 1.92 bits per heavy atom. The molecule has 0 aliphatic heterocycles. The second-order valence-electron chi connectivity index (χ2n) is 5.53. The minimum atomic E-state index is 0.692. The first-order chi connectivity index (χ1) is 12.2. The number of aromatic nitrogens is 4. The van der Waals surface area contributed by atoms with E-state index in [0.29, 0.717) is 6.54 Å². The summed E-state index contributed by atoms with van der Waals surface area (Å²) in [7, 11) is 1.77. The van der Waals surface area contributed by atoms with Gasteiger partial charge in [-0.15, -0.1) is 11.3 Å². The number of hydrogen-bond acceptors (Lipinski definition) is 5. The summed E-state index contributed by atoms with van der Waals surface area (Å²) in [5.41, 5.74) is 3.23. The monoisotopic (exact) mass is 355 g/mol. The fourth-order valence-electron chi connectivity index (χ4n) is 2.42. The number of guanidine groups is 1. The summed E-state index contributed by atoms with van der Waals surface area (Å²) in [6.45, 7) is 5.48. The van der Waals surface area contributed by atoms with Crippen LogP contribution >= 0.6 is 11.3 Å². The summed E-state index contributed by atoms with van der Waals surface area (Å²) < 4.78 is 1.73. The molecule has 0 amide bonds. The smallest absolute Gasteiger partial charge is 0.191 e. The van der Waals surface area contributed by atoms with Gasteiger partial charge in [-0.1, -0.05) is 12.1 Å². The van der Waals surface area contributed by atoms with Crippen molar-refractivity contribution in [3.05, 3.63) is 58.1 Å². The molecule has 0 fully saturated rings. The Labute approximate surface area is 150 Å². The third-order valence-corrected chi connectivity index (χ3v) is 4.79. The van der Waals surface area contributed by atoms with Gasteiger partial charge in [-0.25, -0.2) is 14.6 Å². The normalized spacial score (nSPS) is 11.6. The Bertz CT molecular complexity index is 835. The van der Waals surface area contributed by atoms with Gasteiger partial charge in [-0.3, -0.25) is 4.99 Å². The molecule has 7 nitrogen and oxygen atoms in total. The Morgan fingerprint density at radius 3 is 2.52 bits per heavy atom. The maximum atomic E-state index is 4.44. The lowest BCUT2D eigenvalue weighted by molar-refractivity contribution is 0.810. The predicted molar refractivity (Wildman–Crippen MR) is 100.0 cm³/mol. The summed E-state index contributed by atoms with van der Waals surface area (Å²) in [4.78, 5) is 13.9. The lowest BCUT2D eigenvalue weighted by atomic mass is 10.2. The van der Waals surface area contributed by atoms with Crippen molar-refractivity contribution in [2.75, 3.05) is 7.05 Å². The van der Waals surface area contributed by atoms with Crippen LogP contribution in [0.3, 0.4) is 0 Å². The molecule has 0 radical (unpaired) electrons. The fraction of sp³-hybridized carbons (Fsp3) is 0.294. The van der Waals surface area contributed by atoms with E-state index in [1.807, 2.05) is 26.0 Å². The molecule has 25 heavy (non-hydrogen) atoms. The molecule has 0 aliphatic rings. The third-order valence-electron chi connectivity index (χ3n) is 3.72. The minimum absolute atomic E-state index is 0.692. The molecule has 2 aromatic heterocycles. The molecule has 3 aromatic rings. The number of aryl methyl sites for hydroxylation is 2. The van der Waals surface area contributed by atoms with E-state index in [9.17, 15) is 0 Å². The largest absolute Gasteiger partial charge is 0.352 e. The molecule has 2 heterocycles. The van der Waals surface area contributed by atoms with Crippen LogP contribution in [-0.4, -0.2) is 32.8 Å². The molecule has 3 rings (SSSR count). The molecule has 0 saturated heterocycles. The first kappa shape index (κ1) is 17.1. The topological polar surface area (TPSA) is 80.0 Å². The van der Waals surface area contributed by atoms with Crippen LogP contribution in [0, 0.1) is 13.8 Å². The Hall–Kier alpha value is -2.74. The van der Waals surface area contributed by atoms with Crippen LogP contribution in [0.2, 0.25) is 0 Å². The van der Waals surface area contributed by atoms with Crippen molar-refractivity contribution < 1.29 is 0 Å². The van der Waals surface area contributed by atoms with Crippen LogP contribution in [0.15, 0.2) is 41.9 Å². The Balaban J connectivity index is 1.53. The highest BCUT2D eigenvalue weighted by Gasteiger charge is 2.06. The number of aliphatic imine (C=N–C) groups is 1. The van der Waals surface area contributed by atoms with Gasteiger partial charge in [0.2, 0.25) is 0 Å². The van der Waals surface area contributed by atoms with Gasteiger partial charge < -0.3 is 10.6 Å². The summed E-state index contributed by atoms with van der Waals surface area (Å²) >= 11 is 1.71. The zero-order valence-corrected chi connectivity index (χ0v) is 15.3. The van der Waals surface area contributed by atoms with E-state index in [-0.39, 0.29) is 0 Å². The standard InChI is InChI=1S/C17H21N7S/c1-12-16(25-13(2)23-12)9-21-17(18-3)20-8-14-4-6-15(7-5-14)24-11-19-10-22-24/h4-7,10-11H,8-9H2,1-3H3,(H2,18,20,21). The zero-order valence-electron chi connectivity index (χ0n) is 14.5. The maximum absolute atomic E-state index is 4.44. The number of hydrogen-bond donors (Lipinski definition) is 2. The quantitative estimate of drug-likeness (QED) is 0.542. The summed E-state index contributed by atoms with van der Waals surface area (Å²) in [6, 6.07) is 8.17. The van der Waals surface area contributed by atoms with E-state index >= 15 is 0 Å². The van der Waals surface area contributed by atoms with E-state index in [2.05, 4.69) is 42.8 Å². The van der Waals surface area contributed by atoms with Crippen LogP contribution < -0.4 is 10.6 Å². The van der Waals surface area contributed by atoms with Gasteiger partial charge in [0.25, 0.3) is 0 Å². The molecule has 0 saturated carbocycles. The second kappa shape index (κ2) is 7.89. The van der Waals surface area contributed by atoms with Crippen LogP contribution in [0.1, 0.15) is 21.1 Å². The zero-order chi connectivity index (χ0) is 17.6. The number of benzene rings is 1. The van der Waals surface area contributed by atoms with E-state index in [1.165, 1.54) is 11.2 Å². The summed E-state index contributed by atoms with van der Waals surface area (Å²) in [5.74, 6) is 0.769. The van der Waals surface area contributed by atoms with Gasteiger partial charge >= 0.3 is 0 Å². The van der Waals surface area contributed by atoms with Crippen molar-refractivity contribution in [3.8, 4) is 5.69 Å². The lowest BCUT2D eigenvalue weighted by Gasteiger charge is -2.12. The van der Waals surface area contributed by atoms with Crippen molar-refractivity contribution in [1.82, 2.24) is 30.4 Å². The highest BCUT2D eigenvalue weighted by atomic mass is 32.1. The number of rotatable bonds is 5. The van der Waals surface area contributed by atoms with Gasteiger partial charge in [0.15, 0.2) is 5.96 Å². The molecule has 0 spiro atoms. The Morgan fingerprint density at radius 1 is 1.16 bits per heavy atom. The van der Waals surface area contributed by atoms with Crippen LogP contribution in [0.4, 0.5) is 0 Å². The molecule has 130 valence electrons. The van der Waals surface area contributed by atoms with Crippen molar-refractivity contribution in [3.63, 3.8) is 0 Å². The summed E-state index contributed by atoms with van der Waals surface area (Å²) in [5, 5.41) is 11.9. The van der Waals surface area contributed by atoms with E-state index in [4.69, 9.17) is 0 Å². The van der Waals surface area contributed by atoms with Gasteiger partial charge in [0.1, 0.15) is 12.7 Å². The van der Waals surface area contributed by atoms with Crippen molar-refractivity contribution >= 4 is 17.3 Å². The molecular formula is C17H21N7S. The first-order valence-corrected chi connectivity index (χ1v) is 8.78. The van der Waals surface area contributed by atoms with Gasteiger partial charge in [0.05, 0.1) is 22.9 Å². The SMILES string of the molecule is CN=C(NCc1ccc(-n2cncn2)cc1)NCc1sc(C)nc1C. The number of thiazole rings is 1. The lowest BCUT2D eigenvalue weighted by Crippen LogP contribution is -2.36. The maximum Gasteiger partial charge on any atom is 0.191 e. The van der Waals surface area contributed by atoms with Gasteiger partial charge in [-0.2, -0.15) is 5.10 Å². The Kier molecular flexibility index (Phi) is 5.39. The number of nitrogens with one attached hydrogen (secondary N) is 2. The van der Waals surface area contributed by atoms with Gasteiger partial charge in [-0.05, 0) is 31.5 Å².